The van der Waals surface area contributed by atoms with Crippen LogP contribution in [0, 0.1) is 0 Å². The molecular weight excluding hydrogens is 330 g/mol. The maximum Gasteiger partial charge on any atom is 0.120 e. The molecule has 0 bridgehead atoms. The summed E-state index contributed by atoms with van der Waals surface area (Å²) in [4.78, 5) is 0. The van der Waals surface area contributed by atoms with E-state index in [0.29, 0.717) is 6.54 Å². The van der Waals surface area contributed by atoms with Gasteiger partial charge in [0.15, 0.2) is 0 Å². The molecule has 0 aliphatic rings. The number of benzene rings is 2. The summed E-state index contributed by atoms with van der Waals surface area (Å²) >= 11 is 3.39. The topological polar surface area (TPSA) is 41.5 Å². The predicted molar refractivity (Wildman–Crippen MR) is 88.5 cm³/mol. The molecule has 0 fully saturated rings. The molecule has 0 radical (unpaired) electrons. The van der Waals surface area contributed by atoms with Crippen molar-refractivity contribution in [2.45, 2.75) is 19.1 Å². The molecule has 2 aromatic carbocycles. The fraction of sp³-hybridized carbons (Fsp3) is 0.294. The van der Waals surface area contributed by atoms with Crippen LogP contribution >= 0.6 is 15.9 Å². The van der Waals surface area contributed by atoms with Gasteiger partial charge in [0.1, 0.15) is 18.5 Å². The monoisotopic (exact) mass is 349 g/mol. The molecule has 0 aromatic heterocycles. The van der Waals surface area contributed by atoms with Crippen molar-refractivity contribution in [2.24, 2.45) is 0 Å². The Morgan fingerprint density at radius 1 is 1.14 bits per heavy atom. The van der Waals surface area contributed by atoms with E-state index in [1.807, 2.05) is 42.5 Å². The molecule has 4 heteroatoms. The van der Waals surface area contributed by atoms with Crippen LogP contribution in [0.2, 0.25) is 0 Å². The Kier molecular flexibility index (Phi) is 6.23. The van der Waals surface area contributed by atoms with Gasteiger partial charge in [-0.2, -0.15) is 0 Å². The van der Waals surface area contributed by atoms with Crippen LogP contribution in [0.1, 0.15) is 18.5 Å². The Morgan fingerprint density at radius 2 is 1.90 bits per heavy atom. The van der Waals surface area contributed by atoms with Crippen molar-refractivity contribution >= 4 is 15.9 Å². The zero-order valence-corrected chi connectivity index (χ0v) is 13.6. The summed E-state index contributed by atoms with van der Waals surface area (Å²) in [6.07, 6.45) is -0.546. The van der Waals surface area contributed by atoms with Crippen molar-refractivity contribution in [2.75, 3.05) is 13.2 Å². The van der Waals surface area contributed by atoms with Crippen molar-refractivity contribution in [3.05, 3.63) is 64.6 Å². The average molecular weight is 350 g/mol. The number of aliphatic hydroxyl groups is 1. The van der Waals surface area contributed by atoms with E-state index in [4.69, 9.17) is 4.74 Å². The Hall–Kier alpha value is -1.36. The van der Waals surface area contributed by atoms with E-state index < -0.39 is 6.10 Å². The number of hydrogen-bond donors (Lipinski definition) is 2. The molecule has 2 atom stereocenters. The molecule has 0 saturated carbocycles. The summed E-state index contributed by atoms with van der Waals surface area (Å²) in [7, 11) is 0. The lowest BCUT2D eigenvalue weighted by Gasteiger charge is -2.18. The van der Waals surface area contributed by atoms with Gasteiger partial charge >= 0.3 is 0 Å². The summed E-state index contributed by atoms with van der Waals surface area (Å²) < 4.78 is 6.53. The average Bonchev–Trinajstić information content (AvgIpc) is 2.51. The number of ether oxygens (including phenoxy) is 1. The summed E-state index contributed by atoms with van der Waals surface area (Å²) in [6.45, 7) is 2.84. The van der Waals surface area contributed by atoms with E-state index in [2.05, 4.69) is 40.3 Å². The molecule has 2 N–H and O–H groups in total. The molecule has 2 rings (SSSR count). The summed E-state index contributed by atoms with van der Waals surface area (Å²) in [5.74, 6) is 0.750. The van der Waals surface area contributed by atoms with Gasteiger partial charge in [-0.3, -0.25) is 0 Å². The first kappa shape index (κ1) is 16.0. The predicted octanol–water partition coefficient (Wildman–Crippen LogP) is 3.54. The standard InChI is InChI=1S/C17H20BrNO2/c1-13(14-6-3-2-4-7-14)19-11-16(20)12-21-17-9-5-8-15(18)10-17/h2-10,13,16,19-20H,11-12H2,1H3. The molecule has 112 valence electrons. The number of nitrogens with one attached hydrogen (secondary N) is 1. The highest BCUT2D eigenvalue weighted by molar-refractivity contribution is 9.10. The first-order valence-electron chi connectivity index (χ1n) is 7.00. The van der Waals surface area contributed by atoms with E-state index in [0.717, 1.165) is 10.2 Å². The third-order valence-corrected chi connectivity index (χ3v) is 3.69. The number of hydrogen-bond acceptors (Lipinski definition) is 3. The normalized spacial score (nSPS) is 13.7. The summed E-state index contributed by atoms with van der Waals surface area (Å²) in [6, 6.07) is 18.0. The van der Waals surface area contributed by atoms with E-state index in [-0.39, 0.29) is 12.6 Å². The van der Waals surface area contributed by atoms with E-state index in [9.17, 15) is 5.11 Å². The van der Waals surface area contributed by atoms with E-state index in [1.54, 1.807) is 0 Å². The lowest BCUT2D eigenvalue weighted by Crippen LogP contribution is -2.33. The van der Waals surface area contributed by atoms with Gasteiger partial charge in [-0.25, -0.2) is 0 Å². The lowest BCUT2D eigenvalue weighted by atomic mass is 10.1. The molecular formula is C17H20BrNO2. The molecule has 3 nitrogen and oxygen atoms in total. The fourth-order valence-electron chi connectivity index (χ4n) is 1.98. The summed E-state index contributed by atoms with van der Waals surface area (Å²) in [5, 5.41) is 13.3. The number of rotatable bonds is 7. The molecule has 0 saturated heterocycles. The zero-order valence-electron chi connectivity index (χ0n) is 12.0. The smallest absolute Gasteiger partial charge is 0.120 e. The number of aliphatic hydroxyl groups excluding tert-OH is 1. The van der Waals surface area contributed by atoms with Gasteiger partial charge in [-0.15, -0.1) is 0 Å². The molecule has 2 aromatic rings. The second-order valence-corrected chi connectivity index (χ2v) is 5.88. The Balaban J connectivity index is 1.73. The first-order valence-corrected chi connectivity index (χ1v) is 7.79. The second-order valence-electron chi connectivity index (χ2n) is 4.96. The minimum absolute atomic E-state index is 0.201. The van der Waals surface area contributed by atoms with Gasteiger partial charge in [-0.05, 0) is 30.7 Å². The van der Waals surface area contributed by atoms with Crippen LogP contribution in [0.25, 0.3) is 0 Å². The highest BCUT2D eigenvalue weighted by atomic mass is 79.9. The molecule has 0 aliphatic carbocycles. The van der Waals surface area contributed by atoms with Crippen molar-refractivity contribution in [1.82, 2.24) is 5.32 Å². The van der Waals surface area contributed by atoms with Crippen molar-refractivity contribution in [1.29, 1.82) is 0 Å². The molecule has 0 aliphatic heterocycles. The van der Waals surface area contributed by atoms with Crippen LogP contribution in [-0.2, 0) is 0 Å². The maximum atomic E-state index is 9.98. The van der Waals surface area contributed by atoms with Gasteiger partial charge in [-0.1, -0.05) is 52.3 Å². The van der Waals surface area contributed by atoms with Gasteiger partial charge in [0, 0.05) is 17.1 Å². The lowest BCUT2D eigenvalue weighted by molar-refractivity contribution is 0.104. The van der Waals surface area contributed by atoms with Gasteiger partial charge < -0.3 is 15.2 Å². The van der Waals surface area contributed by atoms with Crippen molar-refractivity contribution < 1.29 is 9.84 Å². The van der Waals surface area contributed by atoms with Crippen LogP contribution in [0.3, 0.4) is 0 Å². The van der Waals surface area contributed by atoms with E-state index >= 15 is 0 Å². The van der Waals surface area contributed by atoms with Gasteiger partial charge in [0.05, 0.1) is 0 Å². The van der Waals surface area contributed by atoms with Crippen molar-refractivity contribution in [3.8, 4) is 5.75 Å². The summed E-state index contributed by atoms with van der Waals surface area (Å²) in [5.41, 5.74) is 1.21. The molecule has 21 heavy (non-hydrogen) atoms. The highest BCUT2D eigenvalue weighted by Crippen LogP contribution is 2.18. The van der Waals surface area contributed by atoms with Crippen LogP contribution in [0.4, 0.5) is 0 Å². The van der Waals surface area contributed by atoms with Crippen LogP contribution in [0.15, 0.2) is 59.1 Å². The quantitative estimate of drug-likeness (QED) is 0.803. The molecule has 2 unspecified atom stereocenters. The van der Waals surface area contributed by atoms with Gasteiger partial charge in [0.2, 0.25) is 0 Å². The number of halogens is 1. The SMILES string of the molecule is CC(NCC(O)COc1cccc(Br)c1)c1ccccc1. The molecule has 0 heterocycles. The third kappa shape index (κ3) is 5.50. The molecule has 0 amide bonds. The third-order valence-electron chi connectivity index (χ3n) is 3.20. The first-order chi connectivity index (χ1) is 10.1. The fourth-order valence-corrected chi connectivity index (χ4v) is 2.36. The largest absolute Gasteiger partial charge is 0.491 e. The van der Waals surface area contributed by atoms with Gasteiger partial charge in [0.25, 0.3) is 0 Å². The maximum absolute atomic E-state index is 9.98. The van der Waals surface area contributed by atoms with Crippen LogP contribution in [-0.4, -0.2) is 24.4 Å². The Bertz CT molecular complexity index is 547. The zero-order chi connectivity index (χ0) is 15.1. The van der Waals surface area contributed by atoms with Crippen LogP contribution < -0.4 is 10.1 Å². The Labute approximate surface area is 134 Å². The van der Waals surface area contributed by atoms with Crippen LogP contribution in [0.5, 0.6) is 5.75 Å². The highest BCUT2D eigenvalue weighted by Gasteiger charge is 2.09. The minimum atomic E-state index is -0.546. The minimum Gasteiger partial charge on any atom is -0.491 e. The molecule has 0 spiro atoms. The van der Waals surface area contributed by atoms with E-state index in [1.165, 1.54) is 5.56 Å². The Morgan fingerprint density at radius 3 is 2.62 bits per heavy atom. The second kappa shape index (κ2) is 8.17. The van der Waals surface area contributed by atoms with Crippen molar-refractivity contribution in [3.63, 3.8) is 0 Å².